The number of hydrogen-bond acceptors (Lipinski definition) is 5. The van der Waals surface area contributed by atoms with Crippen molar-refractivity contribution in [3.05, 3.63) is 71.8 Å². The van der Waals surface area contributed by atoms with Crippen LogP contribution in [0.4, 0.5) is 5.00 Å². The number of aryl methyl sites for hydroxylation is 1. The lowest BCUT2D eigenvalue weighted by molar-refractivity contribution is -0.118. The van der Waals surface area contributed by atoms with E-state index in [0.29, 0.717) is 16.3 Å². The fraction of sp³-hybridized carbons (Fsp3) is 0.217. The van der Waals surface area contributed by atoms with Gasteiger partial charge in [-0.25, -0.2) is 4.79 Å². The van der Waals surface area contributed by atoms with Gasteiger partial charge in [-0.15, -0.1) is 11.3 Å². The Bertz CT molecular complexity index is 982. The first kappa shape index (κ1) is 20.6. The molecular weight excluding hydrogens is 386 g/mol. The summed E-state index contributed by atoms with van der Waals surface area (Å²) in [6, 6.07) is 19.1. The molecule has 5 nitrogen and oxygen atoms in total. The number of carbonyl (C=O) groups is 2. The molecule has 1 N–H and O–H groups in total. The predicted molar refractivity (Wildman–Crippen MR) is 116 cm³/mol. The van der Waals surface area contributed by atoms with Crippen molar-refractivity contribution in [3.63, 3.8) is 0 Å². The molecule has 0 aliphatic carbocycles. The molecule has 6 heteroatoms. The number of thiophene rings is 1. The third-order valence-electron chi connectivity index (χ3n) is 4.25. The molecule has 150 valence electrons. The van der Waals surface area contributed by atoms with Crippen molar-refractivity contribution in [2.24, 2.45) is 0 Å². The quantitative estimate of drug-likeness (QED) is 0.521. The van der Waals surface area contributed by atoms with Gasteiger partial charge < -0.3 is 14.8 Å². The molecule has 0 bridgehead atoms. The predicted octanol–water partition coefficient (Wildman–Crippen LogP) is 5.17. The number of carbonyl (C=O) groups excluding carboxylic acids is 2. The second kappa shape index (κ2) is 9.89. The van der Waals surface area contributed by atoms with E-state index in [9.17, 15) is 9.59 Å². The topological polar surface area (TPSA) is 64.6 Å². The average molecular weight is 410 g/mol. The third-order valence-corrected chi connectivity index (χ3v) is 5.35. The Labute approximate surface area is 174 Å². The Hall–Kier alpha value is -3.12. The van der Waals surface area contributed by atoms with E-state index < -0.39 is 5.97 Å². The molecule has 0 atom stereocenters. The molecule has 1 heterocycles. The molecule has 0 radical (unpaired) electrons. The van der Waals surface area contributed by atoms with Crippen molar-refractivity contribution in [3.8, 4) is 16.2 Å². The highest BCUT2D eigenvalue weighted by Crippen LogP contribution is 2.36. The maximum atomic E-state index is 12.5. The first-order chi connectivity index (χ1) is 14.1. The fourth-order valence-corrected chi connectivity index (χ4v) is 3.90. The molecular formula is C23H23NO4S. The van der Waals surface area contributed by atoms with Crippen LogP contribution in [0.2, 0.25) is 0 Å². The van der Waals surface area contributed by atoms with Gasteiger partial charge in [0.25, 0.3) is 5.91 Å². The van der Waals surface area contributed by atoms with Gasteiger partial charge in [0.15, 0.2) is 6.61 Å². The number of amides is 1. The summed E-state index contributed by atoms with van der Waals surface area (Å²) in [5, 5.41) is 3.26. The van der Waals surface area contributed by atoms with Gasteiger partial charge in [0.2, 0.25) is 0 Å². The van der Waals surface area contributed by atoms with Crippen LogP contribution >= 0.6 is 11.3 Å². The van der Waals surface area contributed by atoms with E-state index in [0.717, 1.165) is 22.4 Å². The van der Waals surface area contributed by atoms with Crippen molar-refractivity contribution in [1.29, 1.82) is 0 Å². The number of ether oxygens (including phenoxy) is 2. The van der Waals surface area contributed by atoms with E-state index in [1.54, 1.807) is 13.0 Å². The maximum Gasteiger partial charge on any atom is 0.341 e. The molecule has 0 fully saturated rings. The number of hydrogen-bond donors (Lipinski definition) is 1. The van der Waals surface area contributed by atoms with Crippen LogP contribution in [-0.2, 0) is 16.0 Å². The van der Waals surface area contributed by atoms with E-state index >= 15 is 0 Å². The Balaban J connectivity index is 1.77. The lowest BCUT2D eigenvalue weighted by Crippen LogP contribution is -2.21. The van der Waals surface area contributed by atoms with Crippen LogP contribution in [0.1, 0.15) is 29.8 Å². The van der Waals surface area contributed by atoms with Crippen LogP contribution in [-0.4, -0.2) is 25.1 Å². The highest BCUT2D eigenvalue weighted by molar-refractivity contribution is 7.20. The van der Waals surface area contributed by atoms with Crippen molar-refractivity contribution < 1.29 is 19.1 Å². The molecule has 0 unspecified atom stereocenters. The summed E-state index contributed by atoms with van der Waals surface area (Å²) in [5.74, 6) is -0.103. The summed E-state index contributed by atoms with van der Waals surface area (Å²) in [5.41, 5.74) is 2.35. The normalized spacial score (nSPS) is 10.4. The van der Waals surface area contributed by atoms with Gasteiger partial charge in [-0.2, -0.15) is 0 Å². The smallest absolute Gasteiger partial charge is 0.341 e. The molecule has 2 aromatic carbocycles. The molecule has 3 rings (SSSR count). The maximum absolute atomic E-state index is 12.5. The minimum absolute atomic E-state index is 0.141. The van der Waals surface area contributed by atoms with Crippen molar-refractivity contribution in [2.45, 2.75) is 20.3 Å². The van der Waals surface area contributed by atoms with E-state index in [1.807, 2.05) is 61.5 Å². The van der Waals surface area contributed by atoms with Crippen molar-refractivity contribution in [1.82, 2.24) is 0 Å². The standard InChI is InChI=1S/C23H23NO4S/c1-3-16-10-8-9-13-19(16)28-15-21(25)24-22-18(23(26)27-4-2)14-20(29-22)17-11-6-5-7-12-17/h5-14H,3-4,15H2,1-2H3,(H,24,25). The van der Waals surface area contributed by atoms with E-state index in [1.165, 1.54) is 11.3 Å². The zero-order chi connectivity index (χ0) is 20.6. The zero-order valence-corrected chi connectivity index (χ0v) is 17.3. The Morgan fingerprint density at radius 1 is 1.00 bits per heavy atom. The molecule has 0 saturated heterocycles. The molecule has 0 saturated carbocycles. The second-order valence-corrected chi connectivity index (χ2v) is 7.29. The first-order valence-electron chi connectivity index (χ1n) is 9.49. The van der Waals surface area contributed by atoms with Gasteiger partial charge in [-0.3, -0.25) is 4.79 Å². The van der Waals surface area contributed by atoms with Gasteiger partial charge >= 0.3 is 5.97 Å². The minimum atomic E-state index is -0.460. The highest BCUT2D eigenvalue weighted by atomic mass is 32.1. The molecule has 3 aromatic rings. The zero-order valence-electron chi connectivity index (χ0n) is 16.4. The number of benzene rings is 2. The summed E-state index contributed by atoms with van der Waals surface area (Å²) in [6.07, 6.45) is 0.816. The molecule has 0 aliphatic heterocycles. The van der Waals surface area contributed by atoms with E-state index in [-0.39, 0.29) is 19.1 Å². The van der Waals surface area contributed by atoms with Crippen molar-refractivity contribution in [2.75, 3.05) is 18.5 Å². The lowest BCUT2D eigenvalue weighted by atomic mass is 10.1. The summed E-state index contributed by atoms with van der Waals surface area (Å²) in [7, 11) is 0. The van der Waals surface area contributed by atoms with E-state index in [4.69, 9.17) is 9.47 Å². The van der Waals surface area contributed by atoms with Gasteiger partial charge in [0, 0.05) is 4.88 Å². The monoisotopic (exact) mass is 409 g/mol. The van der Waals surface area contributed by atoms with Crippen molar-refractivity contribution >= 4 is 28.2 Å². The molecule has 1 amide bonds. The molecule has 0 aliphatic rings. The highest BCUT2D eigenvalue weighted by Gasteiger charge is 2.20. The number of nitrogens with one attached hydrogen (secondary N) is 1. The summed E-state index contributed by atoms with van der Waals surface area (Å²) in [4.78, 5) is 25.7. The van der Waals surface area contributed by atoms with Crippen LogP contribution in [0.15, 0.2) is 60.7 Å². The number of esters is 1. The molecule has 29 heavy (non-hydrogen) atoms. The average Bonchev–Trinajstić information content (AvgIpc) is 3.17. The van der Waals surface area contributed by atoms with Crippen LogP contribution in [0.25, 0.3) is 10.4 Å². The largest absolute Gasteiger partial charge is 0.483 e. The third kappa shape index (κ3) is 5.23. The summed E-state index contributed by atoms with van der Waals surface area (Å²) in [6.45, 7) is 3.90. The Kier molecular flexibility index (Phi) is 7.03. The summed E-state index contributed by atoms with van der Waals surface area (Å²) >= 11 is 1.34. The Morgan fingerprint density at radius 3 is 2.45 bits per heavy atom. The SMILES string of the molecule is CCOC(=O)c1cc(-c2ccccc2)sc1NC(=O)COc1ccccc1CC. The number of para-hydroxylation sites is 1. The van der Waals surface area contributed by atoms with Crippen LogP contribution < -0.4 is 10.1 Å². The van der Waals surface area contributed by atoms with Gasteiger partial charge in [-0.05, 0) is 36.6 Å². The number of rotatable bonds is 8. The van der Waals surface area contributed by atoms with Gasteiger partial charge in [0.1, 0.15) is 10.8 Å². The lowest BCUT2D eigenvalue weighted by Gasteiger charge is -2.10. The molecule has 0 spiro atoms. The van der Waals surface area contributed by atoms with Gasteiger partial charge in [0.05, 0.1) is 12.2 Å². The van der Waals surface area contributed by atoms with Crippen LogP contribution in [0.5, 0.6) is 5.75 Å². The van der Waals surface area contributed by atoms with Gasteiger partial charge in [-0.1, -0.05) is 55.5 Å². The van der Waals surface area contributed by atoms with E-state index in [2.05, 4.69) is 5.32 Å². The first-order valence-corrected chi connectivity index (χ1v) is 10.3. The summed E-state index contributed by atoms with van der Waals surface area (Å²) < 4.78 is 10.8. The fourth-order valence-electron chi connectivity index (χ4n) is 2.83. The van der Waals surface area contributed by atoms with Crippen LogP contribution in [0.3, 0.4) is 0 Å². The Morgan fingerprint density at radius 2 is 1.72 bits per heavy atom. The second-order valence-electron chi connectivity index (χ2n) is 6.24. The molecule has 1 aromatic heterocycles. The number of anilines is 1. The minimum Gasteiger partial charge on any atom is -0.483 e. The van der Waals surface area contributed by atoms with Crippen LogP contribution in [0, 0.1) is 0 Å².